The molecule has 0 fully saturated rings. The Bertz CT molecular complexity index is 330. The van der Waals surface area contributed by atoms with Crippen molar-refractivity contribution >= 4 is 53.2 Å². The Hall–Kier alpha value is 0.290. The summed E-state index contributed by atoms with van der Waals surface area (Å²) in [7, 11) is 0. The third-order valence-electron chi connectivity index (χ3n) is 4.25. The average molecular weight is 384 g/mol. The fourth-order valence-corrected chi connectivity index (χ4v) is 3.18. The Morgan fingerprint density at radius 2 is 1.40 bits per heavy atom. The molecule has 0 radical (unpaired) electrons. The van der Waals surface area contributed by atoms with Crippen LogP contribution in [0.5, 0.6) is 0 Å². The number of thioether (sulfide) groups is 1. The Morgan fingerprint density at radius 1 is 0.920 bits per heavy atom. The topological polar surface area (TPSA) is 66.4 Å². The molecule has 0 aliphatic rings. The molecule has 0 aromatic heterocycles. The summed E-state index contributed by atoms with van der Waals surface area (Å²) in [4.78, 5) is 22.9. The molecule has 0 aliphatic carbocycles. The Balaban J connectivity index is 0. The van der Waals surface area contributed by atoms with Gasteiger partial charge in [-0.15, -0.1) is 0 Å². The molecule has 1 amide bonds. The molecule has 0 aliphatic heterocycles. The number of nitrogens with one attached hydrogen (secondary N) is 1. The SMILES string of the molecule is CCCCCCCCCCCCCC(=O)NC(CCSC)C(=O)O.[NaH]. The van der Waals surface area contributed by atoms with E-state index in [0.717, 1.165) is 18.6 Å². The number of hydrogen-bond acceptors (Lipinski definition) is 3. The van der Waals surface area contributed by atoms with Crippen molar-refractivity contribution in [1.29, 1.82) is 0 Å². The zero-order valence-corrected chi connectivity index (χ0v) is 16.5. The third-order valence-corrected chi connectivity index (χ3v) is 4.90. The molecule has 144 valence electrons. The zero-order valence-electron chi connectivity index (χ0n) is 15.6. The predicted octanol–water partition coefficient (Wildman–Crippen LogP) is 4.36. The molecule has 1 atom stereocenters. The van der Waals surface area contributed by atoms with E-state index in [1.165, 1.54) is 57.8 Å². The van der Waals surface area contributed by atoms with E-state index < -0.39 is 12.0 Å². The van der Waals surface area contributed by atoms with Crippen LogP contribution >= 0.6 is 11.8 Å². The second-order valence-electron chi connectivity index (χ2n) is 6.53. The van der Waals surface area contributed by atoms with Crippen LogP contribution in [0.15, 0.2) is 0 Å². The van der Waals surface area contributed by atoms with Gasteiger partial charge in [-0.1, -0.05) is 71.1 Å². The van der Waals surface area contributed by atoms with Crippen LogP contribution in [0.4, 0.5) is 0 Å². The van der Waals surface area contributed by atoms with E-state index in [-0.39, 0.29) is 35.5 Å². The molecule has 2 N–H and O–H groups in total. The number of carbonyl (C=O) groups excluding carboxylic acids is 1. The van der Waals surface area contributed by atoms with Gasteiger partial charge in [0.15, 0.2) is 0 Å². The van der Waals surface area contributed by atoms with Crippen molar-refractivity contribution in [2.45, 2.75) is 96.4 Å². The minimum atomic E-state index is -0.934. The van der Waals surface area contributed by atoms with Crippen LogP contribution in [0.3, 0.4) is 0 Å². The molecule has 6 heteroatoms. The van der Waals surface area contributed by atoms with Gasteiger partial charge in [0.2, 0.25) is 5.91 Å². The molecule has 25 heavy (non-hydrogen) atoms. The number of amides is 1. The van der Waals surface area contributed by atoms with Gasteiger partial charge >= 0.3 is 35.5 Å². The van der Waals surface area contributed by atoms with Crippen molar-refractivity contribution in [3.63, 3.8) is 0 Å². The van der Waals surface area contributed by atoms with Crippen molar-refractivity contribution in [1.82, 2.24) is 5.32 Å². The van der Waals surface area contributed by atoms with E-state index in [9.17, 15) is 9.59 Å². The van der Waals surface area contributed by atoms with Crippen LogP contribution in [0.25, 0.3) is 0 Å². The average Bonchev–Trinajstić information content (AvgIpc) is 2.56. The van der Waals surface area contributed by atoms with Crippen LogP contribution in [-0.2, 0) is 9.59 Å². The number of aliphatic carboxylic acids is 1. The number of unbranched alkanes of at least 4 members (excludes halogenated alkanes) is 10. The van der Waals surface area contributed by atoms with Crippen LogP contribution in [0.2, 0.25) is 0 Å². The Morgan fingerprint density at radius 3 is 1.84 bits per heavy atom. The Kier molecular flexibility index (Phi) is 22.7. The summed E-state index contributed by atoms with van der Waals surface area (Å²) in [6, 6.07) is -0.738. The summed E-state index contributed by atoms with van der Waals surface area (Å²) in [6.07, 6.45) is 16.6. The van der Waals surface area contributed by atoms with Gasteiger partial charge in [0.25, 0.3) is 0 Å². The summed E-state index contributed by atoms with van der Waals surface area (Å²) in [5.41, 5.74) is 0. The normalized spacial score (nSPS) is 11.6. The minimum absolute atomic E-state index is 0. The van der Waals surface area contributed by atoms with Crippen molar-refractivity contribution in [3.8, 4) is 0 Å². The fraction of sp³-hybridized carbons (Fsp3) is 0.895. The Labute approximate surface area is 181 Å². The molecule has 0 bridgehead atoms. The number of carboxylic acids is 1. The van der Waals surface area contributed by atoms with Gasteiger partial charge in [-0.25, -0.2) is 4.79 Å². The van der Waals surface area contributed by atoms with Crippen LogP contribution in [-0.4, -0.2) is 64.6 Å². The molecular weight excluding hydrogens is 345 g/mol. The molecule has 0 spiro atoms. The summed E-state index contributed by atoms with van der Waals surface area (Å²) in [5.74, 6) is -0.314. The first-order valence-electron chi connectivity index (χ1n) is 9.63. The first-order chi connectivity index (χ1) is 11.6. The van der Waals surface area contributed by atoms with Crippen molar-refractivity contribution in [2.75, 3.05) is 12.0 Å². The molecule has 0 aromatic carbocycles. The van der Waals surface area contributed by atoms with Gasteiger partial charge < -0.3 is 10.4 Å². The number of carboxylic acid groups (broad SMARTS) is 1. The van der Waals surface area contributed by atoms with E-state index in [1.54, 1.807) is 11.8 Å². The predicted molar refractivity (Wildman–Crippen MR) is 111 cm³/mol. The molecule has 1 unspecified atom stereocenters. The van der Waals surface area contributed by atoms with Crippen LogP contribution in [0, 0.1) is 0 Å². The molecule has 0 heterocycles. The maximum atomic E-state index is 11.8. The first-order valence-corrected chi connectivity index (χ1v) is 11.0. The van der Waals surface area contributed by atoms with E-state index in [1.807, 2.05) is 6.26 Å². The molecule has 4 nitrogen and oxygen atoms in total. The van der Waals surface area contributed by atoms with E-state index in [2.05, 4.69) is 12.2 Å². The van der Waals surface area contributed by atoms with Gasteiger partial charge in [-0.2, -0.15) is 11.8 Å². The summed E-state index contributed by atoms with van der Waals surface area (Å²) >= 11 is 1.60. The fourth-order valence-electron chi connectivity index (χ4n) is 2.71. The molecule has 0 saturated heterocycles. The van der Waals surface area contributed by atoms with Crippen molar-refractivity contribution < 1.29 is 14.7 Å². The van der Waals surface area contributed by atoms with Gasteiger partial charge in [-0.05, 0) is 24.9 Å². The van der Waals surface area contributed by atoms with Crippen LogP contribution < -0.4 is 5.32 Å². The number of carbonyl (C=O) groups is 2. The number of hydrogen-bond donors (Lipinski definition) is 2. The van der Waals surface area contributed by atoms with Gasteiger partial charge in [0, 0.05) is 6.42 Å². The van der Waals surface area contributed by atoms with Gasteiger partial charge in [-0.3, -0.25) is 4.79 Å². The van der Waals surface area contributed by atoms with Crippen LogP contribution in [0.1, 0.15) is 90.4 Å². The summed E-state index contributed by atoms with van der Waals surface area (Å²) in [6.45, 7) is 2.24. The summed E-state index contributed by atoms with van der Waals surface area (Å²) in [5, 5.41) is 11.7. The summed E-state index contributed by atoms with van der Waals surface area (Å²) < 4.78 is 0. The van der Waals surface area contributed by atoms with Crippen molar-refractivity contribution in [3.05, 3.63) is 0 Å². The molecule has 0 aromatic rings. The zero-order chi connectivity index (χ0) is 18.0. The molecule has 0 rings (SSSR count). The quantitative estimate of drug-likeness (QED) is 0.289. The van der Waals surface area contributed by atoms with Crippen molar-refractivity contribution in [2.24, 2.45) is 0 Å². The molecular formula is C19H38NNaO3S. The second-order valence-corrected chi connectivity index (χ2v) is 7.51. The maximum absolute atomic E-state index is 11.8. The second kappa shape index (κ2) is 20.6. The van der Waals surface area contributed by atoms with E-state index in [0.29, 0.717) is 12.8 Å². The monoisotopic (exact) mass is 383 g/mol. The van der Waals surface area contributed by atoms with Gasteiger partial charge in [0.05, 0.1) is 0 Å². The number of rotatable bonds is 17. The first kappa shape index (κ1) is 27.5. The van der Waals surface area contributed by atoms with E-state index >= 15 is 0 Å². The van der Waals surface area contributed by atoms with E-state index in [4.69, 9.17) is 5.11 Å². The third kappa shape index (κ3) is 18.9. The molecule has 0 saturated carbocycles. The van der Waals surface area contributed by atoms with Gasteiger partial charge in [0.1, 0.15) is 6.04 Å². The standard InChI is InChI=1S/C19H37NO3S.Na.H/c1-3-4-5-6-7-8-9-10-11-12-13-14-18(21)20-17(19(22)23)15-16-24-2;;/h17H,3-16H2,1-2H3,(H,20,21)(H,22,23);;.